The summed E-state index contributed by atoms with van der Waals surface area (Å²) in [6, 6.07) is 11.0. The average Bonchev–Trinajstić information content (AvgIpc) is 2.32. The van der Waals surface area contributed by atoms with Crippen LogP contribution in [0.5, 0.6) is 0 Å². The van der Waals surface area contributed by atoms with Gasteiger partial charge in [0.2, 0.25) is 0 Å². The summed E-state index contributed by atoms with van der Waals surface area (Å²) in [5.41, 5.74) is 10.3. The fraction of sp³-hybridized carbons (Fsp3) is 0.200. The van der Waals surface area contributed by atoms with E-state index in [0.717, 1.165) is 11.1 Å². The van der Waals surface area contributed by atoms with Crippen molar-refractivity contribution in [3.05, 3.63) is 63.7 Å². The molecule has 18 heavy (non-hydrogen) atoms. The van der Waals surface area contributed by atoms with E-state index in [0.29, 0.717) is 16.3 Å². The first-order valence-electron chi connectivity index (χ1n) is 5.79. The third-order valence-electron chi connectivity index (χ3n) is 3.19. The number of rotatable bonds is 2. The first-order valence-corrected chi connectivity index (χ1v) is 6.17. The summed E-state index contributed by atoms with van der Waals surface area (Å²) >= 11 is 5.85. The van der Waals surface area contributed by atoms with Gasteiger partial charge >= 0.3 is 0 Å². The maximum absolute atomic E-state index is 10.4. The molecule has 1 atom stereocenters. The first kappa shape index (κ1) is 12.9. The highest BCUT2D eigenvalue weighted by atomic mass is 35.5. The Labute approximate surface area is 112 Å². The van der Waals surface area contributed by atoms with Gasteiger partial charge in [0.25, 0.3) is 0 Å². The number of hydrogen-bond donors (Lipinski definition) is 2. The van der Waals surface area contributed by atoms with Crippen molar-refractivity contribution in [2.24, 2.45) is 0 Å². The van der Waals surface area contributed by atoms with E-state index >= 15 is 0 Å². The van der Waals surface area contributed by atoms with E-state index in [1.165, 1.54) is 5.56 Å². The number of nitrogen functional groups attached to an aromatic ring is 1. The zero-order chi connectivity index (χ0) is 13.3. The molecule has 0 heterocycles. The number of benzene rings is 2. The highest BCUT2D eigenvalue weighted by Crippen LogP contribution is 2.29. The van der Waals surface area contributed by atoms with Crippen molar-refractivity contribution >= 4 is 17.3 Å². The predicted octanol–water partition coefficient (Wildman–Crippen LogP) is 3.62. The molecule has 3 N–H and O–H groups in total. The molecule has 0 aliphatic rings. The van der Waals surface area contributed by atoms with Gasteiger partial charge in [-0.15, -0.1) is 0 Å². The second kappa shape index (κ2) is 5.01. The summed E-state index contributed by atoms with van der Waals surface area (Å²) in [6.07, 6.45) is -0.721. The van der Waals surface area contributed by atoms with Crippen LogP contribution < -0.4 is 5.73 Å². The van der Waals surface area contributed by atoms with Crippen molar-refractivity contribution in [3.63, 3.8) is 0 Å². The lowest BCUT2D eigenvalue weighted by molar-refractivity contribution is 0.221. The highest BCUT2D eigenvalue weighted by molar-refractivity contribution is 6.30. The smallest absolute Gasteiger partial charge is 0.106 e. The van der Waals surface area contributed by atoms with E-state index in [9.17, 15) is 5.11 Å². The Morgan fingerprint density at radius 3 is 2.39 bits per heavy atom. The fourth-order valence-corrected chi connectivity index (χ4v) is 2.09. The van der Waals surface area contributed by atoms with Crippen LogP contribution in [0.15, 0.2) is 36.4 Å². The fourth-order valence-electron chi connectivity index (χ4n) is 1.91. The van der Waals surface area contributed by atoms with Gasteiger partial charge in [0.05, 0.1) is 0 Å². The number of halogens is 1. The van der Waals surface area contributed by atoms with Gasteiger partial charge in [0, 0.05) is 16.3 Å². The molecule has 0 fully saturated rings. The van der Waals surface area contributed by atoms with Crippen LogP contribution in [-0.4, -0.2) is 5.11 Å². The quantitative estimate of drug-likeness (QED) is 0.811. The maximum atomic E-state index is 10.4. The van der Waals surface area contributed by atoms with Crippen LogP contribution in [0.4, 0.5) is 5.69 Å². The van der Waals surface area contributed by atoms with Gasteiger partial charge in [-0.25, -0.2) is 0 Å². The summed E-state index contributed by atoms with van der Waals surface area (Å²) in [6.45, 7) is 4.07. The number of anilines is 1. The molecule has 0 saturated carbocycles. The SMILES string of the molecule is Cc1ccc(C(O)c2ccc(Cl)cc2N)cc1C. The van der Waals surface area contributed by atoms with Crippen molar-refractivity contribution in [2.45, 2.75) is 20.0 Å². The van der Waals surface area contributed by atoms with Gasteiger partial charge in [-0.1, -0.05) is 35.9 Å². The third-order valence-corrected chi connectivity index (χ3v) is 3.43. The van der Waals surface area contributed by atoms with Crippen molar-refractivity contribution < 1.29 is 5.11 Å². The van der Waals surface area contributed by atoms with Crippen molar-refractivity contribution in [2.75, 3.05) is 5.73 Å². The summed E-state index contributed by atoms with van der Waals surface area (Å²) < 4.78 is 0. The van der Waals surface area contributed by atoms with Gasteiger partial charge in [-0.05, 0) is 42.7 Å². The molecular weight excluding hydrogens is 246 g/mol. The summed E-state index contributed by atoms with van der Waals surface area (Å²) in [5.74, 6) is 0. The lowest BCUT2D eigenvalue weighted by atomic mass is 9.97. The van der Waals surface area contributed by atoms with Crippen molar-refractivity contribution in [1.82, 2.24) is 0 Å². The first-order chi connectivity index (χ1) is 8.49. The van der Waals surface area contributed by atoms with Crippen LogP contribution in [0.2, 0.25) is 5.02 Å². The molecule has 3 heteroatoms. The lowest BCUT2D eigenvalue weighted by Crippen LogP contribution is -2.04. The normalized spacial score (nSPS) is 12.4. The van der Waals surface area contributed by atoms with Gasteiger partial charge in [-0.2, -0.15) is 0 Å². The molecule has 0 saturated heterocycles. The van der Waals surface area contributed by atoms with Crippen LogP contribution in [-0.2, 0) is 0 Å². The van der Waals surface area contributed by atoms with Gasteiger partial charge in [0.1, 0.15) is 6.10 Å². The second-order valence-corrected chi connectivity index (χ2v) is 4.96. The van der Waals surface area contributed by atoms with Crippen LogP contribution in [0, 0.1) is 13.8 Å². The zero-order valence-electron chi connectivity index (χ0n) is 10.4. The molecule has 0 radical (unpaired) electrons. The topological polar surface area (TPSA) is 46.2 Å². The molecule has 94 valence electrons. The minimum absolute atomic E-state index is 0.508. The number of aryl methyl sites for hydroxylation is 2. The molecule has 2 rings (SSSR count). The Hall–Kier alpha value is -1.51. The second-order valence-electron chi connectivity index (χ2n) is 4.52. The Bertz CT molecular complexity index is 581. The van der Waals surface area contributed by atoms with Crippen LogP contribution in [0.3, 0.4) is 0 Å². The Morgan fingerprint density at radius 2 is 1.78 bits per heavy atom. The monoisotopic (exact) mass is 261 g/mol. The number of aliphatic hydroxyl groups excluding tert-OH is 1. The lowest BCUT2D eigenvalue weighted by Gasteiger charge is -2.15. The van der Waals surface area contributed by atoms with E-state index < -0.39 is 6.10 Å². The van der Waals surface area contributed by atoms with Crippen LogP contribution in [0.1, 0.15) is 28.4 Å². The average molecular weight is 262 g/mol. The van der Waals surface area contributed by atoms with E-state index in [1.807, 2.05) is 32.0 Å². The maximum Gasteiger partial charge on any atom is 0.106 e. The largest absolute Gasteiger partial charge is 0.398 e. The molecule has 2 nitrogen and oxygen atoms in total. The third kappa shape index (κ3) is 2.50. The van der Waals surface area contributed by atoms with Gasteiger partial charge in [0.15, 0.2) is 0 Å². The summed E-state index contributed by atoms with van der Waals surface area (Å²) in [7, 11) is 0. The van der Waals surface area contributed by atoms with E-state index in [4.69, 9.17) is 17.3 Å². The standard InChI is InChI=1S/C15H16ClNO/c1-9-3-4-11(7-10(9)2)15(18)13-6-5-12(16)8-14(13)17/h3-8,15,18H,17H2,1-2H3. The van der Waals surface area contributed by atoms with E-state index in [2.05, 4.69) is 0 Å². The Balaban J connectivity index is 2.41. The van der Waals surface area contributed by atoms with Crippen molar-refractivity contribution in [3.8, 4) is 0 Å². The minimum Gasteiger partial charge on any atom is -0.398 e. The number of hydrogen-bond acceptors (Lipinski definition) is 2. The number of aliphatic hydroxyl groups is 1. The summed E-state index contributed by atoms with van der Waals surface area (Å²) in [5, 5.41) is 10.9. The van der Waals surface area contributed by atoms with Gasteiger partial charge < -0.3 is 10.8 Å². The molecule has 0 aliphatic heterocycles. The van der Waals surface area contributed by atoms with Crippen LogP contribution in [0.25, 0.3) is 0 Å². The molecule has 0 bridgehead atoms. The molecule has 2 aromatic rings. The Morgan fingerprint density at radius 1 is 1.06 bits per heavy atom. The minimum atomic E-state index is -0.721. The summed E-state index contributed by atoms with van der Waals surface area (Å²) in [4.78, 5) is 0. The van der Waals surface area contributed by atoms with E-state index in [-0.39, 0.29) is 0 Å². The molecule has 0 spiro atoms. The zero-order valence-corrected chi connectivity index (χ0v) is 11.2. The predicted molar refractivity (Wildman–Crippen MR) is 75.8 cm³/mol. The molecule has 0 aromatic heterocycles. The molecule has 0 amide bonds. The number of nitrogens with two attached hydrogens (primary N) is 1. The molecule has 1 unspecified atom stereocenters. The van der Waals surface area contributed by atoms with Gasteiger partial charge in [-0.3, -0.25) is 0 Å². The van der Waals surface area contributed by atoms with Crippen LogP contribution >= 0.6 is 11.6 Å². The van der Waals surface area contributed by atoms with Crippen molar-refractivity contribution in [1.29, 1.82) is 0 Å². The molecule has 2 aromatic carbocycles. The molecule has 0 aliphatic carbocycles. The Kier molecular flexibility index (Phi) is 3.60. The highest BCUT2D eigenvalue weighted by Gasteiger charge is 2.14. The molecular formula is C15H16ClNO. The van der Waals surface area contributed by atoms with E-state index in [1.54, 1.807) is 18.2 Å².